The van der Waals surface area contributed by atoms with Crippen LogP contribution in [-0.4, -0.2) is 29.7 Å². The zero-order valence-corrected chi connectivity index (χ0v) is 19.0. The van der Waals surface area contributed by atoms with E-state index in [4.69, 9.17) is 4.74 Å². The van der Waals surface area contributed by atoms with E-state index in [0.717, 1.165) is 34.0 Å². The van der Waals surface area contributed by atoms with Gasteiger partial charge in [-0.25, -0.2) is 5.43 Å². The fourth-order valence-corrected chi connectivity index (χ4v) is 3.61. The minimum Gasteiger partial charge on any atom is -0.497 e. The van der Waals surface area contributed by atoms with Gasteiger partial charge in [0, 0.05) is 29.2 Å². The molecule has 7 heteroatoms. The van der Waals surface area contributed by atoms with Gasteiger partial charge in [-0.2, -0.15) is 5.10 Å². The van der Waals surface area contributed by atoms with Crippen LogP contribution >= 0.6 is 0 Å². The summed E-state index contributed by atoms with van der Waals surface area (Å²) in [6.45, 7) is 8.39. The molecule has 166 valence electrons. The Bertz CT molecular complexity index is 1140. The highest BCUT2D eigenvalue weighted by Gasteiger charge is 2.13. The van der Waals surface area contributed by atoms with Crippen molar-refractivity contribution in [1.82, 2.24) is 15.3 Å². The number of aryl methyl sites for hydroxylation is 3. The molecule has 3 rings (SSSR count). The van der Waals surface area contributed by atoms with Gasteiger partial charge < -0.3 is 14.6 Å². The second kappa shape index (κ2) is 9.96. The third-order valence-corrected chi connectivity index (χ3v) is 5.12. The first kappa shape index (κ1) is 22.8. The largest absolute Gasteiger partial charge is 0.497 e. The first-order valence-electron chi connectivity index (χ1n) is 10.3. The van der Waals surface area contributed by atoms with Gasteiger partial charge in [0.2, 0.25) is 0 Å². The molecule has 3 aromatic rings. The zero-order chi connectivity index (χ0) is 23.3. The highest BCUT2D eigenvalue weighted by Crippen LogP contribution is 2.21. The summed E-state index contributed by atoms with van der Waals surface area (Å²) >= 11 is 0. The van der Waals surface area contributed by atoms with E-state index in [-0.39, 0.29) is 6.54 Å². The van der Waals surface area contributed by atoms with Gasteiger partial charge in [-0.1, -0.05) is 18.2 Å². The van der Waals surface area contributed by atoms with Crippen molar-refractivity contribution < 1.29 is 14.3 Å². The first-order chi connectivity index (χ1) is 15.3. The van der Waals surface area contributed by atoms with Gasteiger partial charge >= 0.3 is 11.8 Å². The van der Waals surface area contributed by atoms with Crippen LogP contribution in [0.5, 0.6) is 5.75 Å². The minimum absolute atomic E-state index is 0.233. The number of rotatable bonds is 6. The first-order valence-corrected chi connectivity index (χ1v) is 10.3. The maximum absolute atomic E-state index is 12.0. The van der Waals surface area contributed by atoms with Gasteiger partial charge in [0.25, 0.3) is 0 Å². The van der Waals surface area contributed by atoms with Crippen LogP contribution in [0.15, 0.2) is 53.6 Å². The number of nitrogens with one attached hydrogen (secondary N) is 2. The smallest absolute Gasteiger partial charge is 0.329 e. The molecule has 1 aromatic heterocycles. The van der Waals surface area contributed by atoms with Crippen LogP contribution in [0.25, 0.3) is 5.69 Å². The zero-order valence-electron chi connectivity index (χ0n) is 19.0. The van der Waals surface area contributed by atoms with Crippen LogP contribution in [0.4, 0.5) is 0 Å². The molecule has 0 bridgehead atoms. The van der Waals surface area contributed by atoms with E-state index < -0.39 is 11.8 Å². The normalized spacial score (nSPS) is 10.9. The monoisotopic (exact) mass is 432 g/mol. The van der Waals surface area contributed by atoms with Crippen molar-refractivity contribution in [2.24, 2.45) is 5.10 Å². The number of aromatic nitrogens is 1. The van der Waals surface area contributed by atoms with E-state index in [1.807, 2.05) is 32.0 Å². The molecule has 2 N–H and O–H groups in total. The number of hydrazone groups is 1. The topological polar surface area (TPSA) is 84.7 Å². The van der Waals surface area contributed by atoms with Crippen molar-refractivity contribution in [3.8, 4) is 11.4 Å². The molecule has 0 unspecified atom stereocenters. The Morgan fingerprint density at radius 1 is 0.969 bits per heavy atom. The number of carbonyl (C=O) groups excluding carboxylic acids is 2. The molecule has 0 aliphatic rings. The molecular weight excluding hydrogens is 404 g/mol. The Morgan fingerprint density at radius 2 is 1.62 bits per heavy atom. The maximum Gasteiger partial charge on any atom is 0.329 e. The van der Waals surface area contributed by atoms with Crippen molar-refractivity contribution in [1.29, 1.82) is 0 Å². The quantitative estimate of drug-likeness (QED) is 0.355. The van der Waals surface area contributed by atoms with E-state index in [1.54, 1.807) is 25.5 Å². The highest BCUT2D eigenvalue weighted by molar-refractivity contribution is 6.35. The molecule has 2 amide bonds. The predicted molar refractivity (Wildman–Crippen MR) is 125 cm³/mol. The summed E-state index contributed by atoms with van der Waals surface area (Å²) in [7, 11) is 1.59. The van der Waals surface area contributed by atoms with Crippen LogP contribution in [0, 0.1) is 27.7 Å². The van der Waals surface area contributed by atoms with Gasteiger partial charge in [0.15, 0.2) is 0 Å². The summed E-state index contributed by atoms with van der Waals surface area (Å²) < 4.78 is 7.24. The Kier molecular flexibility index (Phi) is 7.10. The maximum atomic E-state index is 12.0. The van der Waals surface area contributed by atoms with Crippen molar-refractivity contribution in [3.05, 3.63) is 82.2 Å². The molecule has 0 saturated heterocycles. The number of methoxy groups -OCH3 is 1. The number of hydrogen-bond donors (Lipinski definition) is 2. The summed E-state index contributed by atoms with van der Waals surface area (Å²) in [5.74, 6) is -0.847. The van der Waals surface area contributed by atoms with E-state index in [1.165, 1.54) is 11.1 Å². The molecule has 0 aliphatic carbocycles. The summed E-state index contributed by atoms with van der Waals surface area (Å²) in [4.78, 5) is 24.1. The SMILES string of the molecule is COc1ccc(CNC(=O)C(=O)N/N=C\c2cc(C)n(-c3cc(C)cc(C)c3)c2C)cc1. The van der Waals surface area contributed by atoms with Crippen LogP contribution in [0.2, 0.25) is 0 Å². The molecule has 0 fully saturated rings. The second-order valence-electron chi connectivity index (χ2n) is 7.74. The van der Waals surface area contributed by atoms with Gasteiger partial charge in [-0.05, 0) is 74.7 Å². The summed E-state index contributed by atoms with van der Waals surface area (Å²) in [5.41, 5.74) is 9.52. The summed E-state index contributed by atoms with van der Waals surface area (Å²) in [6.07, 6.45) is 1.55. The lowest BCUT2D eigenvalue weighted by Gasteiger charge is -2.11. The van der Waals surface area contributed by atoms with Crippen molar-refractivity contribution in [2.45, 2.75) is 34.2 Å². The summed E-state index contributed by atoms with van der Waals surface area (Å²) in [6, 6.07) is 15.6. The number of nitrogens with zero attached hydrogens (tertiary/aromatic N) is 2. The third-order valence-electron chi connectivity index (χ3n) is 5.12. The molecular formula is C25H28N4O3. The second-order valence-corrected chi connectivity index (χ2v) is 7.74. The number of hydrogen-bond acceptors (Lipinski definition) is 4. The van der Waals surface area contributed by atoms with Crippen molar-refractivity contribution in [3.63, 3.8) is 0 Å². The van der Waals surface area contributed by atoms with Crippen LogP contribution in [0.1, 0.15) is 33.6 Å². The van der Waals surface area contributed by atoms with Crippen LogP contribution in [-0.2, 0) is 16.1 Å². The molecule has 0 aliphatic heterocycles. The fraction of sp³-hybridized carbons (Fsp3) is 0.240. The fourth-order valence-electron chi connectivity index (χ4n) is 3.61. The van der Waals surface area contributed by atoms with Crippen LogP contribution in [0.3, 0.4) is 0 Å². The van der Waals surface area contributed by atoms with Gasteiger partial charge in [0.05, 0.1) is 13.3 Å². The average molecular weight is 433 g/mol. The highest BCUT2D eigenvalue weighted by atomic mass is 16.5. The van der Waals surface area contributed by atoms with Gasteiger partial charge in [-0.15, -0.1) is 0 Å². The van der Waals surface area contributed by atoms with E-state index in [2.05, 4.69) is 52.5 Å². The van der Waals surface area contributed by atoms with Crippen molar-refractivity contribution >= 4 is 18.0 Å². The number of benzene rings is 2. The molecule has 2 aromatic carbocycles. The van der Waals surface area contributed by atoms with E-state index in [9.17, 15) is 9.59 Å². The summed E-state index contributed by atoms with van der Waals surface area (Å²) in [5, 5.41) is 6.54. The number of ether oxygens (including phenoxy) is 1. The Labute approximate surface area is 188 Å². The average Bonchev–Trinajstić information content (AvgIpc) is 3.04. The molecule has 0 radical (unpaired) electrons. The molecule has 0 atom stereocenters. The Balaban J connectivity index is 1.61. The molecule has 1 heterocycles. The standard InChI is InChI=1S/C25H28N4O3/c1-16-10-17(2)12-22(11-16)29-18(3)13-21(19(29)4)15-27-28-25(31)24(30)26-14-20-6-8-23(32-5)9-7-20/h6-13,15H,14H2,1-5H3,(H,26,30)(H,28,31)/b27-15-. The molecule has 0 saturated carbocycles. The van der Waals surface area contributed by atoms with Crippen molar-refractivity contribution in [2.75, 3.05) is 7.11 Å². The lowest BCUT2D eigenvalue weighted by molar-refractivity contribution is -0.139. The van der Waals surface area contributed by atoms with Gasteiger partial charge in [-0.3, -0.25) is 9.59 Å². The molecule has 32 heavy (non-hydrogen) atoms. The third kappa shape index (κ3) is 5.43. The Morgan fingerprint density at radius 3 is 2.25 bits per heavy atom. The van der Waals surface area contributed by atoms with Gasteiger partial charge in [0.1, 0.15) is 5.75 Å². The molecule has 0 spiro atoms. The number of amides is 2. The Hall–Kier alpha value is -3.87. The lowest BCUT2D eigenvalue weighted by atomic mass is 10.1. The minimum atomic E-state index is -0.821. The number of carbonyl (C=O) groups is 2. The van der Waals surface area contributed by atoms with Crippen LogP contribution < -0.4 is 15.5 Å². The van der Waals surface area contributed by atoms with E-state index >= 15 is 0 Å². The van der Waals surface area contributed by atoms with E-state index in [0.29, 0.717) is 0 Å². The lowest BCUT2D eigenvalue weighted by Crippen LogP contribution is -2.37. The predicted octanol–water partition coefficient (Wildman–Crippen LogP) is 3.49. The molecule has 7 nitrogen and oxygen atoms in total.